The predicted octanol–water partition coefficient (Wildman–Crippen LogP) is 0.746. The fraction of sp³-hybridized carbons (Fsp3) is 0.455. The van der Waals surface area contributed by atoms with Gasteiger partial charge in [0.2, 0.25) is 5.96 Å². The highest BCUT2D eigenvalue weighted by Crippen LogP contribution is 2.08. The summed E-state index contributed by atoms with van der Waals surface area (Å²) in [5.74, 6) is 3.17. The van der Waals surface area contributed by atoms with Crippen LogP contribution in [-0.4, -0.2) is 35.3 Å². The van der Waals surface area contributed by atoms with Gasteiger partial charge in [-0.2, -0.15) is 17.0 Å². The maximum absolute atomic E-state index is 8.43. The minimum atomic E-state index is 0.508. The Morgan fingerprint density at radius 3 is 2.94 bits per heavy atom. The molecule has 0 saturated heterocycles. The largest absolute Gasteiger partial charge is 0.359 e. The lowest BCUT2D eigenvalue weighted by molar-refractivity contribution is 0.910. The first-order valence-electron chi connectivity index (χ1n) is 5.57. The van der Waals surface area contributed by atoms with E-state index in [0.29, 0.717) is 12.5 Å². The summed E-state index contributed by atoms with van der Waals surface area (Å²) in [6.45, 7) is 0.688. The van der Waals surface area contributed by atoms with E-state index in [1.165, 1.54) is 0 Å². The number of guanidine groups is 1. The maximum Gasteiger partial charge on any atom is 0.204 e. The number of aliphatic imine (C=N–C) groups is 1. The number of rotatable bonds is 6. The molecule has 0 amide bonds. The molecule has 1 rings (SSSR count). The third-order valence-electron chi connectivity index (χ3n) is 1.98. The molecule has 0 atom stereocenters. The van der Waals surface area contributed by atoms with Gasteiger partial charge >= 0.3 is 0 Å². The lowest BCUT2D eigenvalue weighted by atomic mass is 10.5. The zero-order chi connectivity index (χ0) is 13.1. The molecular formula is C11H16N6S. The van der Waals surface area contributed by atoms with Gasteiger partial charge in [-0.3, -0.25) is 10.3 Å². The Bertz CT molecular complexity index is 400. The number of thioether (sulfide) groups is 1. The van der Waals surface area contributed by atoms with Crippen molar-refractivity contribution in [1.82, 2.24) is 20.6 Å². The highest BCUT2D eigenvalue weighted by molar-refractivity contribution is 7.98. The standard InChI is InChI=1S/C11H16N6S/c1-13-11(17-9-12)16-6-3-7-18-8-10-14-4-2-5-15-10/h2,4-5H,3,6-8H2,1H3,(H2,13,16,17). The topological polar surface area (TPSA) is 86.0 Å². The molecule has 0 fully saturated rings. The van der Waals surface area contributed by atoms with Crippen LogP contribution in [0.3, 0.4) is 0 Å². The van der Waals surface area contributed by atoms with Crippen molar-refractivity contribution >= 4 is 17.7 Å². The van der Waals surface area contributed by atoms with Crippen LogP contribution in [0.25, 0.3) is 0 Å². The monoisotopic (exact) mass is 264 g/mol. The normalized spacial score (nSPS) is 10.8. The fourth-order valence-corrected chi connectivity index (χ4v) is 1.97. The Kier molecular flexibility index (Phi) is 7.32. The van der Waals surface area contributed by atoms with E-state index in [9.17, 15) is 0 Å². The van der Waals surface area contributed by atoms with Gasteiger partial charge in [0.25, 0.3) is 0 Å². The van der Waals surface area contributed by atoms with E-state index in [2.05, 4.69) is 25.6 Å². The lowest BCUT2D eigenvalue weighted by Crippen LogP contribution is -2.31. The Hall–Kier alpha value is -1.81. The summed E-state index contributed by atoms with van der Waals surface area (Å²) in [6.07, 6.45) is 6.28. The minimum Gasteiger partial charge on any atom is -0.359 e. The quantitative estimate of drug-likeness (QED) is 0.259. The highest BCUT2D eigenvalue weighted by atomic mass is 32.2. The van der Waals surface area contributed by atoms with Crippen LogP contribution in [0, 0.1) is 11.5 Å². The van der Waals surface area contributed by atoms with E-state index in [0.717, 1.165) is 23.8 Å². The first kappa shape index (κ1) is 14.3. The van der Waals surface area contributed by atoms with Crippen molar-refractivity contribution in [3.63, 3.8) is 0 Å². The molecule has 0 bridgehead atoms. The molecular weight excluding hydrogens is 248 g/mol. The van der Waals surface area contributed by atoms with Crippen molar-refractivity contribution in [2.24, 2.45) is 4.99 Å². The second kappa shape index (κ2) is 9.24. The summed E-state index contributed by atoms with van der Waals surface area (Å²) in [4.78, 5) is 12.5. The Morgan fingerprint density at radius 1 is 1.50 bits per heavy atom. The van der Waals surface area contributed by atoms with E-state index in [1.54, 1.807) is 31.2 Å². The molecule has 1 heterocycles. The Morgan fingerprint density at radius 2 is 2.28 bits per heavy atom. The SMILES string of the molecule is CNC(=NCCCSCc1ncccn1)NC#N. The van der Waals surface area contributed by atoms with Crippen LogP contribution >= 0.6 is 11.8 Å². The fourth-order valence-electron chi connectivity index (χ4n) is 1.16. The summed E-state index contributed by atoms with van der Waals surface area (Å²) in [6, 6.07) is 1.81. The molecule has 96 valence electrons. The molecule has 0 saturated carbocycles. The van der Waals surface area contributed by atoms with Gasteiger partial charge < -0.3 is 5.32 Å². The van der Waals surface area contributed by atoms with Gasteiger partial charge in [0, 0.05) is 26.0 Å². The van der Waals surface area contributed by atoms with Crippen LogP contribution in [0.4, 0.5) is 0 Å². The summed E-state index contributed by atoms with van der Waals surface area (Å²) in [7, 11) is 1.73. The Balaban J connectivity index is 2.10. The van der Waals surface area contributed by atoms with Gasteiger partial charge in [0.05, 0.1) is 5.75 Å². The molecule has 0 aliphatic rings. The van der Waals surface area contributed by atoms with E-state index < -0.39 is 0 Å². The molecule has 0 spiro atoms. The van der Waals surface area contributed by atoms with Gasteiger partial charge in [-0.05, 0) is 18.2 Å². The van der Waals surface area contributed by atoms with Crippen molar-refractivity contribution in [2.75, 3.05) is 19.3 Å². The molecule has 1 aromatic rings. The summed E-state index contributed by atoms with van der Waals surface area (Å²) >= 11 is 1.78. The zero-order valence-electron chi connectivity index (χ0n) is 10.3. The number of hydrogen-bond donors (Lipinski definition) is 2. The van der Waals surface area contributed by atoms with Crippen molar-refractivity contribution < 1.29 is 0 Å². The van der Waals surface area contributed by atoms with Crippen LogP contribution in [0.2, 0.25) is 0 Å². The van der Waals surface area contributed by atoms with E-state index in [4.69, 9.17) is 5.26 Å². The molecule has 0 aliphatic heterocycles. The first-order chi connectivity index (χ1) is 8.86. The van der Waals surface area contributed by atoms with E-state index in [-0.39, 0.29) is 0 Å². The summed E-state index contributed by atoms with van der Waals surface area (Å²) in [5, 5.41) is 13.7. The van der Waals surface area contributed by atoms with Crippen LogP contribution in [0.1, 0.15) is 12.2 Å². The second-order valence-corrected chi connectivity index (χ2v) is 4.39. The van der Waals surface area contributed by atoms with Crippen LogP contribution in [0.5, 0.6) is 0 Å². The van der Waals surface area contributed by atoms with Gasteiger partial charge in [0.15, 0.2) is 6.19 Å². The first-order valence-corrected chi connectivity index (χ1v) is 6.73. The molecule has 0 aromatic carbocycles. The molecule has 18 heavy (non-hydrogen) atoms. The van der Waals surface area contributed by atoms with Gasteiger partial charge in [-0.25, -0.2) is 9.97 Å². The third-order valence-corrected chi connectivity index (χ3v) is 3.02. The van der Waals surface area contributed by atoms with Crippen LogP contribution < -0.4 is 10.6 Å². The molecule has 0 aliphatic carbocycles. The molecule has 1 aromatic heterocycles. The third kappa shape index (κ3) is 6.06. The number of nitrogens with zero attached hydrogens (tertiary/aromatic N) is 4. The summed E-state index contributed by atoms with van der Waals surface area (Å²) < 4.78 is 0. The number of hydrogen-bond acceptors (Lipinski definition) is 5. The van der Waals surface area contributed by atoms with Gasteiger partial charge in [0.1, 0.15) is 5.82 Å². The number of aromatic nitrogens is 2. The van der Waals surface area contributed by atoms with Crippen LogP contribution in [0.15, 0.2) is 23.5 Å². The van der Waals surface area contributed by atoms with Crippen molar-refractivity contribution in [1.29, 1.82) is 5.26 Å². The average Bonchev–Trinajstić information content (AvgIpc) is 2.42. The number of nitriles is 1. The molecule has 0 radical (unpaired) electrons. The van der Waals surface area contributed by atoms with E-state index >= 15 is 0 Å². The minimum absolute atomic E-state index is 0.508. The maximum atomic E-state index is 8.43. The van der Waals surface area contributed by atoms with Crippen molar-refractivity contribution in [3.8, 4) is 6.19 Å². The molecule has 0 unspecified atom stereocenters. The van der Waals surface area contributed by atoms with Gasteiger partial charge in [-0.15, -0.1) is 0 Å². The lowest BCUT2D eigenvalue weighted by Gasteiger charge is -2.02. The second-order valence-electron chi connectivity index (χ2n) is 3.29. The predicted molar refractivity (Wildman–Crippen MR) is 72.9 cm³/mol. The smallest absolute Gasteiger partial charge is 0.204 e. The molecule has 2 N–H and O–H groups in total. The highest BCUT2D eigenvalue weighted by Gasteiger charge is 1.96. The zero-order valence-corrected chi connectivity index (χ0v) is 11.1. The Labute approximate surface area is 111 Å². The van der Waals surface area contributed by atoms with Gasteiger partial charge in [-0.1, -0.05) is 0 Å². The number of nitrogens with one attached hydrogen (secondary N) is 2. The summed E-state index contributed by atoms with van der Waals surface area (Å²) in [5.41, 5.74) is 0. The molecule has 6 nitrogen and oxygen atoms in total. The van der Waals surface area contributed by atoms with Crippen molar-refractivity contribution in [3.05, 3.63) is 24.3 Å². The van der Waals surface area contributed by atoms with Crippen molar-refractivity contribution in [2.45, 2.75) is 12.2 Å². The van der Waals surface area contributed by atoms with E-state index in [1.807, 2.05) is 12.3 Å². The molecule has 7 heteroatoms. The van der Waals surface area contributed by atoms with Crippen LogP contribution in [-0.2, 0) is 5.75 Å². The average molecular weight is 264 g/mol.